The maximum atomic E-state index is 14.1. The fourth-order valence-electron chi connectivity index (χ4n) is 3.64. The maximum Gasteiger partial charge on any atom is 0.291 e. The molecule has 2 N–H and O–H groups in total. The predicted molar refractivity (Wildman–Crippen MR) is 98.7 cm³/mol. The summed E-state index contributed by atoms with van der Waals surface area (Å²) in [5, 5.41) is 9.41. The second-order valence-corrected chi connectivity index (χ2v) is 7.59. The van der Waals surface area contributed by atoms with Gasteiger partial charge in [0, 0.05) is 6.42 Å². The van der Waals surface area contributed by atoms with E-state index in [1.807, 2.05) is 0 Å². The van der Waals surface area contributed by atoms with Crippen molar-refractivity contribution in [3.63, 3.8) is 0 Å². The molecule has 2 atom stereocenters. The molecule has 0 unspecified atom stereocenters. The molecule has 28 heavy (non-hydrogen) atoms. The number of fused-ring (bicyclic) bond motifs is 2. The van der Waals surface area contributed by atoms with Crippen LogP contribution in [0.25, 0.3) is 0 Å². The number of nitrogens with one attached hydrogen (secondary N) is 2. The van der Waals surface area contributed by atoms with Crippen molar-refractivity contribution in [2.24, 2.45) is 5.92 Å². The van der Waals surface area contributed by atoms with Crippen LogP contribution in [0.15, 0.2) is 12.1 Å². The molecule has 4 rings (SSSR count). The molecule has 2 aromatic rings. The molecule has 0 fully saturated rings. The van der Waals surface area contributed by atoms with Gasteiger partial charge >= 0.3 is 0 Å². The third-order valence-corrected chi connectivity index (χ3v) is 5.13. The summed E-state index contributed by atoms with van der Waals surface area (Å²) < 4.78 is 21.5. The van der Waals surface area contributed by atoms with Crippen molar-refractivity contribution in [2.45, 2.75) is 45.7 Å². The van der Waals surface area contributed by atoms with Gasteiger partial charge in [0.25, 0.3) is 11.8 Å². The lowest BCUT2D eigenvalue weighted by molar-refractivity contribution is -0.118. The molecule has 8 nitrogen and oxygen atoms in total. The van der Waals surface area contributed by atoms with E-state index in [2.05, 4.69) is 34.6 Å². The van der Waals surface area contributed by atoms with Crippen molar-refractivity contribution in [3.8, 4) is 5.75 Å². The zero-order chi connectivity index (χ0) is 20.0. The van der Waals surface area contributed by atoms with Crippen LogP contribution in [0.5, 0.6) is 5.75 Å². The Morgan fingerprint density at radius 1 is 1.43 bits per heavy atom. The highest BCUT2D eigenvalue weighted by molar-refractivity contribution is 6.01. The first-order valence-electron chi connectivity index (χ1n) is 9.33. The molecule has 0 radical (unpaired) electrons. The standard InChI is InChI=1S/C19H22FN5O3/c1-9(2)13-4-5-15-22-17(24-25(13)15)19(27)21-12-8-28-14-7-10(3)6-11(20)16(14)23-18(12)26/h6-7,9,12-13H,4-5,8H2,1-3H3,(H,21,27)(H,23,26)/t12-,13-/m0/s1. The number of hydrogen-bond donors (Lipinski definition) is 2. The summed E-state index contributed by atoms with van der Waals surface area (Å²) in [5.74, 6) is -0.273. The first-order valence-corrected chi connectivity index (χ1v) is 9.33. The number of aromatic nitrogens is 3. The molecule has 2 amide bonds. The number of carbonyl (C=O) groups is 2. The Morgan fingerprint density at radius 3 is 2.96 bits per heavy atom. The van der Waals surface area contributed by atoms with Gasteiger partial charge in [-0.3, -0.25) is 9.59 Å². The maximum absolute atomic E-state index is 14.1. The van der Waals surface area contributed by atoms with Gasteiger partial charge in [0.05, 0.1) is 6.04 Å². The van der Waals surface area contributed by atoms with Crippen molar-refractivity contribution in [1.29, 1.82) is 0 Å². The highest BCUT2D eigenvalue weighted by Crippen LogP contribution is 2.32. The number of anilines is 1. The van der Waals surface area contributed by atoms with Crippen LogP contribution in [-0.2, 0) is 11.2 Å². The first kappa shape index (κ1) is 18.4. The fraction of sp³-hybridized carbons (Fsp3) is 0.474. The second kappa shape index (κ2) is 6.88. The predicted octanol–water partition coefficient (Wildman–Crippen LogP) is 2.00. The zero-order valence-corrected chi connectivity index (χ0v) is 16.0. The van der Waals surface area contributed by atoms with Gasteiger partial charge in [-0.05, 0) is 37.0 Å². The van der Waals surface area contributed by atoms with Crippen LogP contribution in [-0.4, -0.2) is 39.2 Å². The summed E-state index contributed by atoms with van der Waals surface area (Å²) in [5.41, 5.74) is 0.649. The zero-order valence-electron chi connectivity index (χ0n) is 16.0. The van der Waals surface area contributed by atoms with Crippen LogP contribution in [0.3, 0.4) is 0 Å². The number of aryl methyl sites for hydroxylation is 2. The van der Waals surface area contributed by atoms with Crippen molar-refractivity contribution in [2.75, 3.05) is 11.9 Å². The Morgan fingerprint density at radius 2 is 2.21 bits per heavy atom. The number of rotatable bonds is 3. The Hall–Kier alpha value is -2.97. The minimum atomic E-state index is -0.987. The van der Waals surface area contributed by atoms with Crippen molar-refractivity contribution in [1.82, 2.24) is 20.1 Å². The average Bonchev–Trinajstić information content (AvgIpc) is 3.16. The minimum Gasteiger partial charge on any atom is -0.489 e. The van der Waals surface area contributed by atoms with Gasteiger partial charge in [-0.15, -0.1) is 5.10 Å². The molecular weight excluding hydrogens is 365 g/mol. The molecule has 2 aliphatic heterocycles. The first-order chi connectivity index (χ1) is 13.3. The lowest BCUT2D eigenvalue weighted by Crippen LogP contribution is -2.46. The average molecular weight is 387 g/mol. The van der Waals surface area contributed by atoms with Gasteiger partial charge in [-0.25, -0.2) is 14.1 Å². The van der Waals surface area contributed by atoms with Crippen LogP contribution >= 0.6 is 0 Å². The number of benzene rings is 1. The van der Waals surface area contributed by atoms with E-state index in [9.17, 15) is 14.0 Å². The van der Waals surface area contributed by atoms with E-state index in [0.717, 1.165) is 18.7 Å². The van der Waals surface area contributed by atoms with Gasteiger partial charge < -0.3 is 15.4 Å². The molecule has 3 heterocycles. The third-order valence-electron chi connectivity index (χ3n) is 5.13. The molecule has 9 heteroatoms. The number of nitrogens with zero attached hydrogens (tertiary/aromatic N) is 3. The number of halogens is 1. The van der Waals surface area contributed by atoms with Gasteiger partial charge in [0.2, 0.25) is 5.82 Å². The SMILES string of the molecule is Cc1cc(F)c2c(c1)OC[C@H](NC(=O)c1nc3n(n1)[C@H](C(C)C)CC3)C(=O)N2. The summed E-state index contributed by atoms with van der Waals surface area (Å²) in [7, 11) is 0. The molecule has 1 aromatic heterocycles. The molecule has 2 aliphatic rings. The Labute approximate surface area is 161 Å². The molecule has 0 saturated carbocycles. The molecule has 0 saturated heterocycles. The summed E-state index contributed by atoms with van der Waals surface area (Å²) in [4.78, 5) is 29.3. The Balaban J connectivity index is 1.49. The van der Waals surface area contributed by atoms with E-state index < -0.39 is 23.7 Å². The van der Waals surface area contributed by atoms with Gasteiger partial charge in [-0.1, -0.05) is 13.8 Å². The van der Waals surface area contributed by atoms with Crippen molar-refractivity contribution < 1.29 is 18.7 Å². The molecule has 148 valence electrons. The van der Waals surface area contributed by atoms with E-state index in [1.54, 1.807) is 17.7 Å². The van der Waals surface area contributed by atoms with E-state index in [4.69, 9.17) is 4.74 Å². The van der Waals surface area contributed by atoms with Gasteiger partial charge in [0.1, 0.15) is 29.9 Å². The van der Waals surface area contributed by atoms with Crippen LogP contribution in [0.4, 0.5) is 10.1 Å². The van der Waals surface area contributed by atoms with Crippen molar-refractivity contribution in [3.05, 3.63) is 35.2 Å². The number of ether oxygens (including phenoxy) is 1. The normalized spacial score (nSPS) is 20.8. The second-order valence-electron chi connectivity index (χ2n) is 7.59. The summed E-state index contributed by atoms with van der Waals surface area (Å²) in [6.07, 6.45) is 1.72. The molecule has 1 aromatic carbocycles. The van der Waals surface area contributed by atoms with E-state index in [-0.39, 0.29) is 29.9 Å². The molecule has 0 aliphatic carbocycles. The highest BCUT2D eigenvalue weighted by Gasteiger charge is 2.32. The monoisotopic (exact) mass is 387 g/mol. The van der Waals surface area contributed by atoms with Gasteiger partial charge in [0.15, 0.2) is 5.82 Å². The smallest absolute Gasteiger partial charge is 0.291 e. The lowest BCUT2D eigenvalue weighted by Gasteiger charge is -2.15. The number of amides is 2. The topological polar surface area (TPSA) is 98.1 Å². The van der Waals surface area contributed by atoms with E-state index in [1.165, 1.54) is 6.07 Å². The quantitative estimate of drug-likeness (QED) is 0.839. The van der Waals surface area contributed by atoms with Crippen LogP contribution in [0, 0.1) is 18.7 Å². The van der Waals surface area contributed by atoms with Crippen LogP contribution < -0.4 is 15.4 Å². The summed E-state index contributed by atoms with van der Waals surface area (Å²) >= 11 is 0. The number of hydrogen-bond acceptors (Lipinski definition) is 5. The van der Waals surface area contributed by atoms with Crippen LogP contribution in [0.1, 0.15) is 48.3 Å². The summed E-state index contributed by atoms with van der Waals surface area (Å²) in [6, 6.07) is 2.17. The Kier molecular flexibility index (Phi) is 4.52. The summed E-state index contributed by atoms with van der Waals surface area (Å²) in [6.45, 7) is 5.82. The largest absolute Gasteiger partial charge is 0.489 e. The van der Waals surface area contributed by atoms with Crippen LogP contribution in [0.2, 0.25) is 0 Å². The van der Waals surface area contributed by atoms with Gasteiger partial charge in [-0.2, -0.15) is 0 Å². The van der Waals surface area contributed by atoms with E-state index >= 15 is 0 Å². The Bertz CT molecular complexity index is 955. The molecule has 0 bridgehead atoms. The fourth-order valence-corrected chi connectivity index (χ4v) is 3.64. The minimum absolute atomic E-state index is 0.0220. The van der Waals surface area contributed by atoms with E-state index in [0.29, 0.717) is 11.5 Å². The lowest BCUT2D eigenvalue weighted by atomic mass is 10.0. The highest BCUT2D eigenvalue weighted by atomic mass is 19.1. The number of carbonyl (C=O) groups excluding carboxylic acids is 2. The molecular formula is C19H22FN5O3. The van der Waals surface area contributed by atoms with Crippen molar-refractivity contribution >= 4 is 17.5 Å². The molecule has 0 spiro atoms. The third kappa shape index (κ3) is 3.21.